The zero-order valence-electron chi connectivity index (χ0n) is 19.5. The highest BCUT2D eigenvalue weighted by Gasteiger charge is 2.43. The van der Waals surface area contributed by atoms with Gasteiger partial charge in [-0.2, -0.15) is 5.26 Å². The van der Waals surface area contributed by atoms with E-state index in [9.17, 15) is 14.6 Å². The molecule has 1 saturated carbocycles. The SMILES string of the molecule is CCC1(c2c(C#N)c(Cl)c3cnc(N[C@@H]4CCN(P(C)(C)=O)C[C@H]4OC(C)=O)nn23)CCC1. The van der Waals surface area contributed by atoms with Crippen molar-refractivity contribution >= 4 is 36.3 Å². The number of nitriles is 1. The molecule has 2 fully saturated rings. The number of nitrogens with zero attached hydrogens (tertiary/aromatic N) is 5. The molecule has 1 saturated heterocycles. The van der Waals surface area contributed by atoms with E-state index in [0.29, 0.717) is 41.6 Å². The molecule has 1 aliphatic carbocycles. The number of esters is 1. The van der Waals surface area contributed by atoms with Crippen LogP contribution >= 0.6 is 18.9 Å². The predicted octanol–water partition coefficient (Wildman–Crippen LogP) is 4.04. The summed E-state index contributed by atoms with van der Waals surface area (Å²) in [5.41, 5.74) is 1.82. The van der Waals surface area contributed by atoms with Crippen molar-refractivity contribution in [1.29, 1.82) is 5.26 Å². The normalized spacial score (nSPS) is 23.0. The Kier molecular flexibility index (Phi) is 6.47. The molecular formula is C22H30ClN6O3P. The van der Waals surface area contributed by atoms with Crippen LogP contribution in [0.1, 0.15) is 57.2 Å². The molecule has 1 N–H and O–H groups in total. The van der Waals surface area contributed by atoms with Crippen LogP contribution in [-0.4, -0.2) is 63.8 Å². The number of carbonyl (C=O) groups is 1. The second-order valence-corrected chi connectivity index (χ2v) is 12.9. The van der Waals surface area contributed by atoms with Crippen LogP contribution in [0, 0.1) is 11.3 Å². The van der Waals surface area contributed by atoms with Crippen molar-refractivity contribution in [2.75, 3.05) is 31.7 Å². The summed E-state index contributed by atoms with van der Waals surface area (Å²) in [5, 5.41) is 18.3. The van der Waals surface area contributed by atoms with E-state index < -0.39 is 13.4 Å². The molecule has 1 aliphatic heterocycles. The van der Waals surface area contributed by atoms with E-state index >= 15 is 0 Å². The standard InChI is InChI=1S/C22H30ClN6O3P/c1-5-22(8-6-9-22)20-15(11-24)19(23)17-12-25-21(27-29(17)20)26-16-7-10-28(33(3,4)31)13-18(16)32-14(2)30/h12,16,18H,5-10,13H2,1-4H3,(H,26,27)/t16-,18-/m1/s1. The topological polar surface area (TPSA) is 113 Å². The Bertz CT molecular complexity index is 1160. The Morgan fingerprint density at radius 3 is 2.73 bits per heavy atom. The number of fused-ring (bicyclic) bond motifs is 1. The Hall–Kier alpha value is -2.14. The number of carbonyl (C=O) groups excluding carboxylic acids is 1. The first-order valence-corrected chi connectivity index (χ1v) is 14.2. The third-order valence-electron chi connectivity index (χ3n) is 7.08. The van der Waals surface area contributed by atoms with E-state index in [-0.39, 0.29) is 17.4 Å². The first kappa shape index (κ1) is 24.0. The zero-order chi connectivity index (χ0) is 24.0. The summed E-state index contributed by atoms with van der Waals surface area (Å²) >= 11 is 6.56. The summed E-state index contributed by atoms with van der Waals surface area (Å²) in [6, 6.07) is 2.05. The lowest BCUT2D eigenvalue weighted by molar-refractivity contribution is -0.148. The van der Waals surface area contributed by atoms with Crippen molar-refractivity contribution in [3.63, 3.8) is 0 Å². The average molecular weight is 493 g/mol. The van der Waals surface area contributed by atoms with Crippen LogP contribution in [0.3, 0.4) is 0 Å². The maximum Gasteiger partial charge on any atom is 0.303 e. The van der Waals surface area contributed by atoms with Crippen LogP contribution in [-0.2, 0) is 19.5 Å². The van der Waals surface area contributed by atoms with Crippen molar-refractivity contribution in [3.05, 3.63) is 22.5 Å². The Labute approximate surface area is 198 Å². The first-order chi connectivity index (χ1) is 15.6. The molecule has 0 bridgehead atoms. The van der Waals surface area contributed by atoms with Gasteiger partial charge < -0.3 is 14.6 Å². The minimum Gasteiger partial charge on any atom is -0.459 e. The first-order valence-electron chi connectivity index (χ1n) is 11.3. The molecule has 0 spiro atoms. The van der Waals surface area contributed by atoms with Crippen molar-refractivity contribution < 1.29 is 14.1 Å². The minimum absolute atomic E-state index is 0.109. The molecule has 4 rings (SSSR count). The van der Waals surface area contributed by atoms with E-state index in [2.05, 4.69) is 23.3 Å². The molecule has 9 nitrogen and oxygen atoms in total. The van der Waals surface area contributed by atoms with Gasteiger partial charge >= 0.3 is 5.97 Å². The smallest absolute Gasteiger partial charge is 0.303 e. The Balaban J connectivity index is 1.68. The number of nitrogens with one attached hydrogen (secondary N) is 1. The van der Waals surface area contributed by atoms with E-state index in [1.807, 2.05) is 4.67 Å². The number of halogens is 1. The highest BCUT2D eigenvalue weighted by molar-refractivity contribution is 7.59. The number of hydrogen-bond donors (Lipinski definition) is 1. The van der Waals surface area contributed by atoms with E-state index in [1.54, 1.807) is 24.0 Å². The van der Waals surface area contributed by atoms with Gasteiger partial charge in [0.25, 0.3) is 0 Å². The highest BCUT2D eigenvalue weighted by Crippen LogP contribution is 2.49. The maximum absolute atomic E-state index is 12.6. The van der Waals surface area contributed by atoms with Crippen LogP contribution in [0.2, 0.25) is 5.02 Å². The molecule has 11 heteroatoms. The number of aromatic nitrogens is 3. The fourth-order valence-electron chi connectivity index (χ4n) is 5.03. The van der Waals surface area contributed by atoms with E-state index in [0.717, 1.165) is 31.4 Å². The van der Waals surface area contributed by atoms with Crippen LogP contribution in [0.5, 0.6) is 0 Å². The van der Waals surface area contributed by atoms with Crippen LogP contribution in [0.4, 0.5) is 5.95 Å². The summed E-state index contributed by atoms with van der Waals surface area (Å²) in [4.78, 5) is 16.2. The number of piperidine rings is 1. The molecule has 0 amide bonds. The van der Waals surface area contributed by atoms with Crippen LogP contribution in [0.25, 0.3) is 5.52 Å². The van der Waals surface area contributed by atoms with Crippen molar-refractivity contribution in [1.82, 2.24) is 19.3 Å². The third kappa shape index (κ3) is 4.37. The van der Waals surface area contributed by atoms with Gasteiger partial charge in [-0.1, -0.05) is 24.9 Å². The van der Waals surface area contributed by atoms with Gasteiger partial charge in [0.15, 0.2) is 0 Å². The minimum atomic E-state index is -2.46. The second-order valence-electron chi connectivity index (χ2n) is 9.41. The van der Waals surface area contributed by atoms with Crippen LogP contribution in [0.15, 0.2) is 6.20 Å². The van der Waals surface area contributed by atoms with E-state index in [4.69, 9.17) is 21.4 Å². The van der Waals surface area contributed by atoms with Gasteiger partial charge in [0.1, 0.15) is 25.0 Å². The maximum atomic E-state index is 12.6. The fraction of sp³-hybridized carbons (Fsp3) is 0.636. The number of anilines is 1. The van der Waals surface area contributed by atoms with Gasteiger partial charge in [-0.25, -0.2) is 14.2 Å². The molecule has 2 aromatic heterocycles. The van der Waals surface area contributed by atoms with Gasteiger partial charge in [-0.15, -0.1) is 5.10 Å². The van der Waals surface area contributed by atoms with E-state index in [1.165, 1.54) is 6.92 Å². The summed E-state index contributed by atoms with van der Waals surface area (Å²) in [6.07, 6.45) is 5.76. The molecule has 33 heavy (non-hydrogen) atoms. The summed E-state index contributed by atoms with van der Waals surface area (Å²) < 4.78 is 21.8. The molecule has 3 heterocycles. The molecule has 0 aromatic carbocycles. The molecule has 0 radical (unpaired) electrons. The molecule has 0 unspecified atom stereocenters. The molecule has 2 aliphatic rings. The zero-order valence-corrected chi connectivity index (χ0v) is 21.1. The summed E-state index contributed by atoms with van der Waals surface area (Å²) in [5.74, 6) is -0.0164. The quantitative estimate of drug-likeness (QED) is 0.475. The number of hydrogen-bond acceptors (Lipinski definition) is 7. The lowest BCUT2D eigenvalue weighted by Gasteiger charge is -2.41. The predicted molar refractivity (Wildman–Crippen MR) is 127 cm³/mol. The summed E-state index contributed by atoms with van der Waals surface area (Å²) in [7, 11) is -2.46. The largest absolute Gasteiger partial charge is 0.459 e. The lowest BCUT2D eigenvalue weighted by atomic mass is 9.64. The molecule has 2 aromatic rings. The third-order valence-corrected chi connectivity index (χ3v) is 9.19. The van der Waals surface area contributed by atoms with Gasteiger partial charge in [-0.05, 0) is 25.7 Å². The molecule has 2 atom stereocenters. The Morgan fingerprint density at radius 1 is 1.45 bits per heavy atom. The van der Waals surface area contributed by atoms with Crippen molar-refractivity contribution in [3.8, 4) is 6.07 Å². The fourth-order valence-corrected chi connectivity index (χ4v) is 6.44. The number of rotatable bonds is 6. The highest BCUT2D eigenvalue weighted by atomic mass is 35.5. The summed E-state index contributed by atoms with van der Waals surface area (Å²) in [6.45, 7) is 7.93. The molecule has 178 valence electrons. The Morgan fingerprint density at radius 2 is 2.18 bits per heavy atom. The van der Waals surface area contributed by atoms with Gasteiger partial charge in [0.05, 0.1) is 28.5 Å². The number of ether oxygens (including phenoxy) is 1. The molecular weight excluding hydrogens is 463 g/mol. The lowest BCUT2D eigenvalue weighted by Crippen LogP contribution is -2.50. The van der Waals surface area contributed by atoms with Crippen LogP contribution < -0.4 is 5.32 Å². The monoisotopic (exact) mass is 492 g/mol. The van der Waals surface area contributed by atoms with Crippen molar-refractivity contribution in [2.45, 2.75) is 63.5 Å². The van der Waals surface area contributed by atoms with Gasteiger partial charge in [-0.3, -0.25) is 4.79 Å². The van der Waals surface area contributed by atoms with Gasteiger partial charge in [0, 0.05) is 38.8 Å². The van der Waals surface area contributed by atoms with Crippen molar-refractivity contribution in [2.24, 2.45) is 0 Å². The second kappa shape index (κ2) is 8.90. The van der Waals surface area contributed by atoms with Gasteiger partial charge in [0.2, 0.25) is 5.95 Å². The average Bonchev–Trinajstić information content (AvgIpc) is 2.99.